The Balaban J connectivity index is 3.01. The van der Waals surface area contributed by atoms with Crippen LogP contribution in [0.3, 0.4) is 0 Å². The average Bonchev–Trinajstić information content (AvgIpc) is 2.63. The summed E-state index contributed by atoms with van der Waals surface area (Å²) >= 11 is 0. The van der Waals surface area contributed by atoms with Crippen LogP contribution in [0.5, 0.6) is 0 Å². The van der Waals surface area contributed by atoms with Crippen LogP contribution in [0.25, 0.3) is 0 Å². The van der Waals surface area contributed by atoms with Crippen LogP contribution in [0, 0.1) is 0 Å². The van der Waals surface area contributed by atoms with Gasteiger partial charge in [-0.25, -0.2) is 4.99 Å². The van der Waals surface area contributed by atoms with Crippen molar-refractivity contribution in [3.63, 3.8) is 0 Å². The summed E-state index contributed by atoms with van der Waals surface area (Å²) in [5.74, 6) is 0. The molecule has 0 aromatic rings. The summed E-state index contributed by atoms with van der Waals surface area (Å²) in [6, 6.07) is 0. The minimum atomic E-state index is -4.48. The van der Waals surface area contributed by atoms with Gasteiger partial charge in [0, 0.05) is 32.0 Å². The average molecular weight is 384 g/mol. The second kappa shape index (κ2) is 10.1. The number of hydrazine groups is 2. The number of hydrogen-bond donors (Lipinski definition) is 0. The van der Waals surface area contributed by atoms with E-state index in [1.807, 2.05) is 0 Å². The van der Waals surface area contributed by atoms with Crippen molar-refractivity contribution in [3.05, 3.63) is 61.5 Å². The Morgan fingerprint density at radius 2 is 1.81 bits per heavy atom. The Morgan fingerprint density at radius 1 is 1.15 bits per heavy atom. The fourth-order valence-corrected chi connectivity index (χ4v) is 2.28. The molecule has 0 aliphatic carbocycles. The van der Waals surface area contributed by atoms with Crippen LogP contribution < -0.4 is 0 Å². The van der Waals surface area contributed by atoms with Crippen molar-refractivity contribution in [1.82, 2.24) is 15.1 Å². The molecule has 0 N–H and O–H groups in total. The quantitative estimate of drug-likeness (QED) is 0.255. The van der Waals surface area contributed by atoms with Gasteiger partial charge in [-0.2, -0.15) is 13.2 Å². The maximum atomic E-state index is 12.7. The molecule has 0 radical (unpaired) electrons. The lowest BCUT2D eigenvalue weighted by molar-refractivity contribution is -0.199. The van der Waals surface area contributed by atoms with Gasteiger partial charge in [0.2, 0.25) is 0 Å². The molecule has 1 heterocycles. The number of alkyl halides is 3. The summed E-state index contributed by atoms with van der Waals surface area (Å²) in [7, 11) is 3.47. The predicted molar refractivity (Wildman–Crippen MR) is 102 cm³/mol. The molecule has 0 aromatic carbocycles. The molecule has 0 amide bonds. The smallest absolute Gasteiger partial charge is 0.357 e. The molecule has 1 unspecified atom stereocenters. The van der Waals surface area contributed by atoms with Gasteiger partial charge < -0.3 is 4.74 Å². The maximum absolute atomic E-state index is 12.7. The Hall–Kier alpha value is -2.32. The first-order valence-electron chi connectivity index (χ1n) is 8.43. The Bertz CT molecular complexity index is 619. The third kappa shape index (κ3) is 7.07. The van der Waals surface area contributed by atoms with Gasteiger partial charge in [-0.3, -0.25) is 10.0 Å². The van der Waals surface area contributed by atoms with E-state index in [9.17, 15) is 13.2 Å². The number of ether oxygens (including phenoxy) is 1. The van der Waals surface area contributed by atoms with E-state index < -0.39 is 11.7 Å². The Kier molecular flexibility index (Phi) is 8.52. The first-order chi connectivity index (χ1) is 12.6. The number of nitrogens with zero attached hydrogens (tertiary/aromatic N) is 4. The molecule has 5 nitrogen and oxygen atoms in total. The summed E-state index contributed by atoms with van der Waals surface area (Å²) in [4.78, 5) is 4.13. The van der Waals surface area contributed by atoms with E-state index in [4.69, 9.17) is 4.74 Å². The second-order valence-electron chi connectivity index (χ2n) is 6.02. The summed E-state index contributed by atoms with van der Waals surface area (Å²) < 4.78 is 43.8. The van der Waals surface area contributed by atoms with Gasteiger partial charge in [0.1, 0.15) is 12.6 Å². The van der Waals surface area contributed by atoms with E-state index in [1.165, 1.54) is 18.5 Å². The van der Waals surface area contributed by atoms with Crippen LogP contribution in [0.2, 0.25) is 0 Å². The van der Waals surface area contributed by atoms with E-state index in [0.29, 0.717) is 18.0 Å². The normalized spacial score (nSPS) is 18.1. The van der Waals surface area contributed by atoms with Crippen molar-refractivity contribution >= 4 is 6.34 Å². The van der Waals surface area contributed by atoms with Gasteiger partial charge >= 0.3 is 6.18 Å². The molecule has 1 aliphatic heterocycles. The molecule has 0 spiro atoms. The molecule has 8 heteroatoms. The standard InChI is InChI=1S/C19H27F3N4O/c1-7-16(3)23-14-24(5)25(6)26(18-10-8-9-13-27-18)17(4)12-11-15(2)19(20,21)22/h7,11-12,14,18H,1-4,8-10,13H2,5-6H3/b12-11-,23-14-. The first-order valence-corrected chi connectivity index (χ1v) is 8.43. The molecule has 1 atom stereocenters. The van der Waals surface area contributed by atoms with Gasteiger partial charge in [-0.1, -0.05) is 26.3 Å². The number of halogens is 3. The Labute approximate surface area is 159 Å². The molecule has 0 aromatic heterocycles. The highest BCUT2D eigenvalue weighted by molar-refractivity contribution is 5.56. The number of aliphatic imine (C=N–C) groups is 1. The van der Waals surface area contributed by atoms with Crippen LogP contribution in [-0.4, -0.2) is 54.6 Å². The van der Waals surface area contributed by atoms with Gasteiger partial charge in [0.15, 0.2) is 0 Å². The molecule has 0 saturated carbocycles. The zero-order chi connectivity index (χ0) is 20.6. The minimum Gasteiger partial charge on any atom is -0.357 e. The SMILES string of the molecule is C=CC(=C)/N=C\N(C)N(C)N(C(=C)/C=C\C(=C)C(F)(F)F)C1CCCCO1. The zero-order valence-electron chi connectivity index (χ0n) is 15.9. The van der Waals surface area contributed by atoms with Crippen LogP contribution in [0.15, 0.2) is 66.5 Å². The maximum Gasteiger partial charge on any atom is 0.415 e. The van der Waals surface area contributed by atoms with Crippen LogP contribution in [0.1, 0.15) is 19.3 Å². The molecular weight excluding hydrogens is 357 g/mol. The molecule has 1 fully saturated rings. The third-order valence-corrected chi connectivity index (χ3v) is 3.96. The monoisotopic (exact) mass is 384 g/mol. The summed E-state index contributed by atoms with van der Waals surface area (Å²) in [5.41, 5.74) is -0.137. The number of hydrogen-bond acceptors (Lipinski definition) is 4. The largest absolute Gasteiger partial charge is 0.415 e. The summed E-state index contributed by atoms with van der Waals surface area (Å²) in [6.07, 6.45) is 2.99. The van der Waals surface area contributed by atoms with Crippen molar-refractivity contribution in [1.29, 1.82) is 0 Å². The summed E-state index contributed by atoms with van der Waals surface area (Å²) in [6.45, 7) is 14.8. The third-order valence-electron chi connectivity index (χ3n) is 3.96. The van der Waals surface area contributed by atoms with E-state index >= 15 is 0 Å². The van der Waals surface area contributed by atoms with Crippen molar-refractivity contribution < 1.29 is 17.9 Å². The topological polar surface area (TPSA) is 31.3 Å². The lowest BCUT2D eigenvalue weighted by Gasteiger charge is -2.44. The lowest BCUT2D eigenvalue weighted by atomic mass is 10.1. The number of rotatable bonds is 9. The van der Waals surface area contributed by atoms with Crippen molar-refractivity contribution in [2.45, 2.75) is 31.7 Å². The van der Waals surface area contributed by atoms with Gasteiger partial charge in [-0.05, 0) is 37.5 Å². The van der Waals surface area contributed by atoms with Crippen LogP contribution in [0.4, 0.5) is 13.2 Å². The van der Waals surface area contributed by atoms with Crippen LogP contribution >= 0.6 is 0 Å². The molecule has 1 saturated heterocycles. The van der Waals surface area contributed by atoms with Crippen molar-refractivity contribution in [2.24, 2.45) is 4.99 Å². The van der Waals surface area contributed by atoms with Crippen molar-refractivity contribution in [3.8, 4) is 0 Å². The van der Waals surface area contributed by atoms with Gasteiger partial charge in [0.25, 0.3) is 0 Å². The molecular formula is C19H27F3N4O. The molecule has 1 rings (SSSR count). The summed E-state index contributed by atoms with van der Waals surface area (Å²) in [5, 5.41) is 4.99. The minimum absolute atomic E-state index is 0.331. The van der Waals surface area contributed by atoms with Crippen molar-refractivity contribution in [2.75, 3.05) is 20.7 Å². The highest BCUT2D eigenvalue weighted by Crippen LogP contribution is 2.27. The van der Waals surface area contributed by atoms with E-state index in [1.54, 1.807) is 29.2 Å². The van der Waals surface area contributed by atoms with Gasteiger partial charge in [-0.15, -0.1) is 5.12 Å². The molecule has 27 heavy (non-hydrogen) atoms. The molecule has 0 bridgehead atoms. The molecule has 150 valence electrons. The van der Waals surface area contributed by atoms with Gasteiger partial charge in [0.05, 0.1) is 5.70 Å². The highest BCUT2D eigenvalue weighted by atomic mass is 19.4. The number of allylic oxidation sites excluding steroid dienone is 4. The van der Waals surface area contributed by atoms with Crippen LogP contribution in [-0.2, 0) is 4.74 Å². The van der Waals surface area contributed by atoms with E-state index in [0.717, 1.165) is 25.3 Å². The predicted octanol–water partition coefficient (Wildman–Crippen LogP) is 4.43. The zero-order valence-corrected chi connectivity index (χ0v) is 15.9. The molecule has 1 aliphatic rings. The Morgan fingerprint density at radius 3 is 2.33 bits per heavy atom. The lowest BCUT2D eigenvalue weighted by Crippen LogP contribution is -2.53. The van der Waals surface area contributed by atoms with E-state index in [2.05, 4.69) is 31.3 Å². The second-order valence-corrected chi connectivity index (χ2v) is 6.02. The fraction of sp³-hybridized carbons (Fsp3) is 0.421. The van der Waals surface area contributed by atoms with E-state index in [-0.39, 0.29) is 6.23 Å². The highest BCUT2D eigenvalue weighted by Gasteiger charge is 2.31. The first kappa shape index (κ1) is 22.7. The fourth-order valence-electron chi connectivity index (χ4n) is 2.28.